The summed E-state index contributed by atoms with van der Waals surface area (Å²) in [6.45, 7) is 9.14. The molecule has 0 amide bonds. The second-order valence-electron chi connectivity index (χ2n) is 6.42. The smallest absolute Gasteiger partial charge is 0.335 e. The highest BCUT2D eigenvalue weighted by Crippen LogP contribution is 2.27. The van der Waals surface area contributed by atoms with E-state index in [0.29, 0.717) is 16.6 Å². The fourth-order valence-electron chi connectivity index (χ4n) is 2.59. The number of rotatable bonds is 1. The van der Waals surface area contributed by atoms with Crippen LogP contribution in [0.1, 0.15) is 57.3 Å². The first-order valence-corrected chi connectivity index (χ1v) is 6.80. The Morgan fingerprint density at radius 1 is 1.05 bits per heavy atom. The first-order valence-electron chi connectivity index (χ1n) is 6.80. The van der Waals surface area contributed by atoms with Crippen LogP contribution < -0.4 is 5.32 Å². The Morgan fingerprint density at radius 2 is 1.53 bits per heavy atom. The average Bonchev–Trinajstić information content (AvgIpc) is 2.27. The third-order valence-corrected chi connectivity index (χ3v) is 3.30. The zero-order chi connectivity index (χ0) is 14.5. The van der Waals surface area contributed by atoms with Gasteiger partial charge >= 0.3 is 5.97 Å². The van der Waals surface area contributed by atoms with Crippen molar-refractivity contribution in [2.45, 2.75) is 58.0 Å². The van der Waals surface area contributed by atoms with Gasteiger partial charge in [0.1, 0.15) is 0 Å². The van der Waals surface area contributed by atoms with Crippen LogP contribution in [0.4, 0.5) is 0 Å². The number of piperidine rings is 1. The molecule has 0 radical (unpaired) electrons. The number of carbonyl (C=O) groups is 1. The topological polar surface area (TPSA) is 49.3 Å². The quantitative estimate of drug-likeness (QED) is 0.812. The second-order valence-corrected chi connectivity index (χ2v) is 6.42. The lowest BCUT2D eigenvalue weighted by atomic mass is 9.83. The highest BCUT2D eigenvalue weighted by Gasteiger charge is 2.31. The summed E-state index contributed by atoms with van der Waals surface area (Å²) in [4.78, 5) is 10.2. The van der Waals surface area contributed by atoms with E-state index in [-0.39, 0.29) is 0 Å². The average molecular weight is 263 g/mol. The van der Waals surface area contributed by atoms with E-state index < -0.39 is 5.97 Å². The molecule has 0 unspecified atom stereocenters. The summed E-state index contributed by atoms with van der Waals surface area (Å²) in [5.41, 5.74) is 1.06. The van der Waals surface area contributed by atoms with Crippen LogP contribution in [-0.4, -0.2) is 22.2 Å². The summed E-state index contributed by atoms with van der Waals surface area (Å²) in [5.74, 6) is -0.879. The van der Waals surface area contributed by atoms with E-state index in [9.17, 15) is 4.79 Å². The number of benzene rings is 1. The maximum Gasteiger partial charge on any atom is 0.335 e. The molecular weight excluding hydrogens is 238 g/mol. The van der Waals surface area contributed by atoms with Gasteiger partial charge in [-0.25, -0.2) is 4.79 Å². The normalized spacial score (nSPS) is 20.0. The molecular formula is C16H25NO2. The van der Waals surface area contributed by atoms with Crippen LogP contribution in [0.2, 0.25) is 0 Å². The van der Waals surface area contributed by atoms with E-state index in [0.717, 1.165) is 0 Å². The van der Waals surface area contributed by atoms with Crippen LogP contribution in [0.5, 0.6) is 0 Å². The molecule has 106 valence electrons. The zero-order valence-electron chi connectivity index (χ0n) is 12.4. The minimum atomic E-state index is -0.879. The second kappa shape index (κ2) is 6.20. The molecule has 2 N–H and O–H groups in total. The monoisotopic (exact) mass is 263 g/mol. The minimum absolute atomic E-state index is 0.331. The summed E-state index contributed by atoms with van der Waals surface area (Å²) in [5, 5.41) is 12.0. The summed E-state index contributed by atoms with van der Waals surface area (Å²) in [6.07, 6.45) is 4.00. The predicted molar refractivity (Wildman–Crippen MR) is 78.5 cm³/mol. The van der Waals surface area contributed by atoms with Gasteiger partial charge in [-0.2, -0.15) is 0 Å². The Morgan fingerprint density at radius 3 is 1.79 bits per heavy atom. The van der Waals surface area contributed by atoms with Crippen molar-refractivity contribution in [1.82, 2.24) is 5.32 Å². The van der Waals surface area contributed by atoms with Crippen molar-refractivity contribution < 1.29 is 9.90 Å². The van der Waals surface area contributed by atoms with E-state index in [1.165, 1.54) is 19.3 Å². The van der Waals surface area contributed by atoms with Gasteiger partial charge in [-0.3, -0.25) is 0 Å². The Hall–Kier alpha value is -1.35. The van der Waals surface area contributed by atoms with Crippen LogP contribution >= 0.6 is 0 Å². The maximum atomic E-state index is 10.2. The lowest BCUT2D eigenvalue weighted by Gasteiger charge is -2.42. The first kappa shape index (κ1) is 15.7. The molecule has 0 bridgehead atoms. The van der Waals surface area contributed by atoms with Crippen molar-refractivity contribution in [2.75, 3.05) is 0 Å². The van der Waals surface area contributed by atoms with Gasteiger partial charge in [0, 0.05) is 11.1 Å². The molecule has 0 spiro atoms. The molecule has 1 aromatic rings. The van der Waals surface area contributed by atoms with Gasteiger partial charge in [0.15, 0.2) is 0 Å². The van der Waals surface area contributed by atoms with Crippen LogP contribution in [-0.2, 0) is 0 Å². The van der Waals surface area contributed by atoms with Gasteiger partial charge in [0.05, 0.1) is 5.56 Å². The number of hydrogen-bond donors (Lipinski definition) is 2. The van der Waals surface area contributed by atoms with Crippen molar-refractivity contribution in [3.05, 3.63) is 35.9 Å². The van der Waals surface area contributed by atoms with E-state index >= 15 is 0 Å². The number of nitrogens with one attached hydrogen (secondary N) is 1. The van der Waals surface area contributed by atoms with E-state index in [1.807, 2.05) is 0 Å². The van der Waals surface area contributed by atoms with E-state index in [4.69, 9.17) is 5.11 Å². The first-order chi connectivity index (χ1) is 8.72. The molecule has 1 aromatic carbocycles. The van der Waals surface area contributed by atoms with Crippen molar-refractivity contribution >= 4 is 5.97 Å². The summed E-state index contributed by atoms with van der Waals surface area (Å²) < 4.78 is 0. The van der Waals surface area contributed by atoms with Crippen LogP contribution in [0.3, 0.4) is 0 Å². The number of carboxylic acids is 1. The van der Waals surface area contributed by atoms with Crippen LogP contribution in [0.15, 0.2) is 30.3 Å². The molecule has 2 rings (SSSR count). The van der Waals surface area contributed by atoms with Crippen LogP contribution in [0, 0.1) is 0 Å². The molecule has 0 atom stereocenters. The minimum Gasteiger partial charge on any atom is -0.478 e. The van der Waals surface area contributed by atoms with Crippen molar-refractivity contribution in [2.24, 2.45) is 0 Å². The molecule has 0 aromatic heterocycles. The molecule has 1 aliphatic rings. The highest BCUT2D eigenvalue weighted by molar-refractivity contribution is 5.87. The lowest BCUT2D eigenvalue weighted by Crippen LogP contribution is -2.55. The van der Waals surface area contributed by atoms with Crippen LogP contribution in [0.25, 0.3) is 0 Å². The number of hydrogen-bond acceptors (Lipinski definition) is 2. The van der Waals surface area contributed by atoms with Gasteiger partial charge < -0.3 is 10.4 Å². The fourth-order valence-corrected chi connectivity index (χ4v) is 2.59. The van der Waals surface area contributed by atoms with Gasteiger partial charge in [-0.1, -0.05) is 18.2 Å². The van der Waals surface area contributed by atoms with E-state index in [1.54, 1.807) is 30.3 Å². The van der Waals surface area contributed by atoms with E-state index in [2.05, 4.69) is 33.0 Å². The molecule has 1 saturated heterocycles. The Kier molecular flexibility index (Phi) is 5.12. The van der Waals surface area contributed by atoms with Gasteiger partial charge in [0.2, 0.25) is 0 Å². The van der Waals surface area contributed by atoms with Gasteiger partial charge in [-0.15, -0.1) is 0 Å². The largest absolute Gasteiger partial charge is 0.478 e. The third kappa shape index (κ3) is 5.88. The number of aromatic carboxylic acids is 1. The predicted octanol–water partition coefficient (Wildman–Crippen LogP) is 3.70. The molecule has 0 aliphatic carbocycles. The Labute approximate surface area is 116 Å². The van der Waals surface area contributed by atoms with Crippen molar-refractivity contribution in [3.8, 4) is 0 Å². The molecule has 1 fully saturated rings. The Bertz CT molecular complexity index is 396. The maximum absolute atomic E-state index is 10.2. The van der Waals surface area contributed by atoms with Gasteiger partial charge in [-0.05, 0) is 59.1 Å². The zero-order valence-corrected chi connectivity index (χ0v) is 12.4. The SMILES string of the molecule is CC1(C)CCCC(C)(C)N1.O=C(O)c1ccccc1. The standard InChI is InChI=1S/C9H19N.C7H6O2/c1-8(2)6-5-7-9(3,4)10-8;8-7(9)6-4-2-1-3-5-6/h10H,5-7H2,1-4H3;1-5H,(H,8,9). The number of carboxylic acid groups (broad SMARTS) is 1. The third-order valence-electron chi connectivity index (χ3n) is 3.30. The molecule has 3 nitrogen and oxygen atoms in total. The van der Waals surface area contributed by atoms with Gasteiger partial charge in [0.25, 0.3) is 0 Å². The highest BCUT2D eigenvalue weighted by atomic mass is 16.4. The van der Waals surface area contributed by atoms with Crippen molar-refractivity contribution in [1.29, 1.82) is 0 Å². The Balaban J connectivity index is 0.000000191. The van der Waals surface area contributed by atoms with Crippen molar-refractivity contribution in [3.63, 3.8) is 0 Å². The fraction of sp³-hybridized carbons (Fsp3) is 0.562. The molecule has 19 heavy (non-hydrogen) atoms. The summed E-state index contributed by atoms with van der Waals surface area (Å²) in [7, 11) is 0. The molecule has 1 aliphatic heterocycles. The lowest BCUT2D eigenvalue weighted by molar-refractivity contribution is 0.0697. The summed E-state index contributed by atoms with van der Waals surface area (Å²) in [6, 6.07) is 8.30. The molecule has 1 heterocycles. The molecule has 0 saturated carbocycles. The molecule has 3 heteroatoms. The summed E-state index contributed by atoms with van der Waals surface area (Å²) >= 11 is 0.